The number of carbonyl (C=O) groups excluding carboxylic acids is 3. The molecule has 0 spiro atoms. The Morgan fingerprint density at radius 2 is 1.54 bits per heavy atom. The van der Waals surface area contributed by atoms with E-state index in [-0.39, 0.29) is 49.2 Å². The molecule has 16 heteroatoms. The average molecular weight is 986 g/mol. The zero-order valence-corrected chi connectivity index (χ0v) is 44.6. The molecule has 4 aliphatic heterocycles. The van der Waals surface area contributed by atoms with E-state index in [2.05, 4.69) is 39.6 Å². The predicted molar refractivity (Wildman–Crippen MR) is 257 cm³/mol. The van der Waals surface area contributed by atoms with Gasteiger partial charge in [-0.1, -0.05) is 77.7 Å². The molecular weight excluding hydrogens is 903 g/mol. The van der Waals surface area contributed by atoms with E-state index in [1.165, 1.54) is 0 Å². The molecule has 0 radical (unpaired) electrons. The number of rotatable bonds is 12. The first-order valence-corrected chi connectivity index (χ1v) is 25.2. The average Bonchev–Trinajstić information content (AvgIpc) is 3.52. The zero-order valence-electron chi connectivity index (χ0n) is 43.1. The van der Waals surface area contributed by atoms with E-state index in [1.54, 1.807) is 52.0 Å². The van der Waals surface area contributed by atoms with Gasteiger partial charge in [-0.2, -0.15) is 0 Å². The second-order valence-corrected chi connectivity index (χ2v) is 22.9. The van der Waals surface area contributed by atoms with E-state index in [0.717, 1.165) is 18.5 Å². The number of fused-ring (bicyclic) bond motifs is 1. The van der Waals surface area contributed by atoms with Crippen molar-refractivity contribution in [2.75, 3.05) is 34.4 Å². The van der Waals surface area contributed by atoms with Gasteiger partial charge in [-0.15, -0.1) is 0 Å². The van der Waals surface area contributed by atoms with Gasteiger partial charge in [-0.05, 0) is 97.4 Å². The first kappa shape index (κ1) is 55.8. The lowest BCUT2D eigenvalue weighted by atomic mass is 9.73. The highest BCUT2D eigenvalue weighted by molar-refractivity contribution is 6.42. The summed E-state index contributed by atoms with van der Waals surface area (Å²) in [7, 11) is 5.29. The summed E-state index contributed by atoms with van der Waals surface area (Å²) in [4.78, 5) is 48.2. The standard InChI is InChI=1S/C51H82Cl2N2O12/c1-17-38-51(13)43(55(47(59)67-51)21-20-34-18-19-36(52)37(53)23-34)30(4)41(56)28(2)25-50(12,61-16)45(66-39-24-35(22-29(3)62-39)54(14)27-48(8,9)10)31(5)42(32(6)46(58)64-38)65-40-26-49(11,60-15)44(57)33(7)63-40/h18-19,23,28-33,35,38-40,42-45,57H,17,20-22,24-27H2,1-16H3/t28-,29-,30-,31+,32-,33+,35+,38+,39+,40+,42+,43-,44+,45-,49-,50+,51-/m1/s1. The number of benzene rings is 1. The van der Waals surface area contributed by atoms with Crippen molar-refractivity contribution in [2.45, 2.75) is 207 Å². The van der Waals surface area contributed by atoms with Crippen LogP contribution in [0.2, 0.25) is 10.0 Å². The molecule has 5 rings (SSSR count). The smallest absolute Gasteiger partial charge is 0.410 e. The normalized spacial score (nSPS) is 40.6. The van der Waals surface area contributed by atoms with Crippen LogP contribution in [0.1, 0.15) is 128 Å². The van der Waals surface area contributed by atoms with Gasteiger partial charge in [0.2, 0.25) is 0 Å². The SMILES string of the molecule is CC[C@@H]1OC(=O)[C@H](C)[C@@H](O[C@H]2C[C@@](C)(OC)[C@@H](O)[C@H](C)O2)[C@H](C)[C@@H](O[C@H]2C[C@@H](N(C)CC(C)(C)C)C[C@@H](C)O2)[C@@](C)(OC)C[C@@H](C)C(=O)[C@@H](C)[C@H]2N(CCc3ccc(Cl)c(Cl)c3)C(=O)O[C@]12C. The number of hydrogen-bond acceptors (Lipinski definition) is 13. The molecule has 67 heavy (non-hydrogen) atoms. The Bertz CT molecular complexity index is 1870. The van der Waals surface area contributed by atoms with Crippen molar-refractivity contribution in [3.8, 4) is 0 Å². The first-order valence-electron chi connectivity index (χ1n) is 24.4. The highest BCUT2D eigenvalue weighted by Gasteiger charge is 2.60. The molecule has 14 nitrogen and oxygen atoms in total. The number of methoxy groups -OCH3 is 2. The maximum atomic E-state index is 15.1. The molecule has 0 aromatic heterocycles. The van der Waals surface area contributed by atoms with Crippen LogP contribution in [0, 0.1) is 29.1 Å². The summed E-state index contributed by atoms with van der Waals surface area (Å²) in [5, 5.41) is 12.0. The molecule has 1 N–H and O–H groups in total. The van der Waals surface area contributed by atoms with Crippen molar-refractivity contribution in [1.82, 2.24) is 9.80 Å². The van der Waals surface area contributed by atoms with Crippen LogP contribution in [-0.4, -0.2) is 145 Å². The van der Waals surface area contributed by atoms with Gasteiger partial charge in [0.1, 0.15) is 18.0 Å². The molecule has 382 valence electrons. The highest BCUT2D eigenvalue weighted by Crippen LogP contribution is 2.45. The zero-order chi connectivity index (χ0) is 50.1. The Morgan fingerprint density at radius 1 is 0.881 bits per heavy atom. The third-order valence-electron chi connectivity index (χ3n) is 15.3. The lowest BCUT2D eigenvalue weighted by molar-refractivity contribution is -0.309. The second kappa shape index (κ2) is 22.1. The minimum atomic E-state index is -1.43. The summed E-state index contributed by atoms with van der Waals surface area (Å²) in [5.41, 5.74) is -2.70. The molecule has 4 aliphatic rings. The maximum Gasteiger partial charge on any atom is 0.410 e. The number of Topliss-reactive ketones (excluding diaryl/α,β-unsaturated/α-hetero) is 1. The van der Waals surface area contributed by atoms with Crippen LogP contribution in [0.15, 0.2) is 18.2 Å². The van der Waals surface area contributed by atoms with Gasteiger partial charge < -0.3 is 47.9 Å². The molecule has 0 bridgehead atoms. The number of carbonyl (C=O) groups is 3. The summed E-state index contributed by atoms with van der Waals surface area (Å²) in [5.74, 6) is -3.65. The van der Waals surface area contributed by atoms with Gasteiger partial charge in [0.25, 0.3) is 0 Å². The fourth-order valence-electron chi connectivity index (χ4n) is 11.6. The number of amides is 1. The van der Waals surface area contributed by atoms with Gasteiger partial charge in [-0.25, -0.2) is 4.79 Å². The largest absolute Gasteiger partial charge is 0.458 e. The van der Waals surface area contributed by atoms with E-state index in [1.807, 2.05) is 47.6 Å². The summed E-state index contributed by atoms with van der Waals surface area (Å²) in [6.07, 6.45) is -4.19. The van der Waals surface area contributed by atoms with Crippen molar-refractivity contribution in [3.63, 3.8) is 0 Å². The molecule has 1 amide bonds. The van der Waals surface area contributed by atoms with Crippen molar-refractivity contribution in [2.24, 2.45) is 29.1 Å². The van der Waals surface area contributed by atoms with E-state index in [9.17, 15) is 14.7 Å². The Hall–Kier alpha value is -2.11. The molecule has 17 atom stereocenters. The molecule has 4 heterocycles. The lowest BCUT2D eigenvalue weighted by Gasteiger charge is -2.49. The molecule has 4 fully saturated rings. The summed E-state index contributed by atoms with van der Waals surface area (Å²) in [6.45, 7) is 26.3. The predicted octanol–water partition coefficient (Wildman–Crippen LogP) is 8.90. The minimum absolute atomic E-state index is 0.0673. The molecule has 4 saturated heterocycles. The lowest BCUT2D eigenvalue weighted by Crippen LogP contribution is -2.60. The molecule has 0 saturated carbocycles. The summed E-state index contributed by atoms with van der Waals surface area (Å²) < 4.78 is 52.4. The fourth-order valence-corrected chi connectivity index (χ4v) is 11.9. The number of esters is 1. The number of nitrogens with zero attached hydrogens (tertiary/aromatic N) is 2. The Morgan fingerprint density at radius 3 is 2.13 bits per heavy atom. The van der Waals surface area contributed by atoms with Crippen LogP contribution in [0.4, 0.5) is 4.79 Å². The quantitative estimate of drug-likeness (QED) is 0.199. The molecule has 1 aromatic rings. The maximum absolute atomic E-state index is 15.1. The number of aliphatic hydroxyl groups is 1. The molecule has 1 aromatic carbocycles. The van der Waals surface area contributed by atoms with Crippen molar-refractivity contribution in [1.29, 1.82) is 0 Å². The van der Waals surface area contributed by atoms with Gasteiger partial charge in [0.05, 0.1) is 57.6 Å². The number of cyclic esters (lactones) is 1. The Kier molecular flexibility index (Phi) is 18.4. The third kappa shape index (κ3) is 12.5. The van der Waals surface area contributed by atoms with Crippen molar-refractivity contribution >= 4 is 41.0 Å². The molecule has 0 unspecified atom stereocenters. The summed E-state index contributed by atoms with van der Waals surface area (Å²) >= 11 is 12.6. The van der Waals surface area contributed by atoms with Crippen LogP contribution >= 0.6 is 23.2 Å². The van der Waals surface area contributed by atoms with Crippen LogP contribution in [0.5, 0.6) is 0 Å². The third-order valence-corrected chi connectivity index (χ3v) is 16.0. The number of aliphatic hydroxyl groups excluding tert-OH is 1. The summed E-state index contributed by atoms with van der Waals surface area (Å²) in [6, 6.07) is 4.65. The monoisotopic (exact) mass is 985 g/mol. The first-order chi connectivity index (χ1) is 31.1. The van der Waals surface area contributed by atoms with E-state index < -0.39 is 102 Å². The number of hydrogen-bond donors (Lipinski definition) is 1. The van der Waals surface area contributed by atoms with E-state index >= 15 is 4.79 Å². The Labute approximate surface area is 410 Å². The van der Waals surface area contributed by atoms with E-state index in [0.29, 0.717) is 22.9 Å². The van der Waals surface area contributed by atoms with Gasteiger partial charge >= 0.3 is 12.1 Å². The number of ether oxygens (including phenoxy) is 8. The molecular formula is C51H82Cl2N2O12. The van der Waals surface area contributed by atoms with Crippen LogP contribution in [-0.2, 0) is 53.9 Å². The van der Waals surface area contributed by atoms with E-state index in [4.69, 9.17) is 61.1 Å². The van der Waals surface area contributed by atoms with Crippen LogP contribution in [0.25, 0.3) is 0 Å². The topological polar surface area (TPSA) is 152 Å². The van der Waals surface area contributed by atoms with Crippen LogP contribution < -0.4 is 0 Å². The minimum Gasteiger partial charge on any atom is -0.458 e. The second-order valence-electron chi connectivity index (χ2n) is 22.1. The van der Waals surface area contributed by atoms with Gasteiger partial charge in [-0.3, -0.25) is 14.5 Å². The number of ketones is 1. The highest BCUT2D eigenvalue weighted by atomic mass is 35.5. The van der Waals surface area contributed by atoms with Gasteiger partial charge in [0.15, 0.2) is 18.2 Å². The van der Waals surface area contributed by atoms with Crippen molar-refractivity contribution < 1.29 is 57.4 Å². The van der Waals surface area contributed by atoms with Crippen LogP contribution in [0.3, 0.4) is 0 Å². The number of halogens is 2. The molecule has 0 aliphatic carbocycles. The van der Waals surface area contributed by atoms with Crippen molar-refractivity contribution in [3.05, 3.63) is 33.8 Å². The Balaban J connectivity index is 1.61. The fraction of sp³-hybridized carbons (Fsp3) is 0.824. The van der Waals surface area contributed by atoms with Gasteiger partial charge in [0, 0.05) is 63.9 Å².